The summed E-state index contributed by atoms with van der Waals surface area (Å²) >= 11 is 0. The first-order valence-electron chi connectivity index (χ1n) is 6.59. The second kappa shape index (κ2) is 4.23. The molecular formula is C17H18N2. The summed E-state index contributed by atoms with van der Waals surface area (Å²) in [7, 11) is 0. The van der Waals surface area contributed by atoms with Crippen LogP contribution in [0.4, 0.5) is 0 Å². The first kappa shape index (κ1) is 12.0. The molecule has 2 heteroatoms. The van der Waals surface area contributed by atoms with Gasteiger partial charge in [0.15, 0.2) is 0 Å². The topological polar surface area (TPSA) is 17.3 Å². The van der Waals surface area contributed by atoms with E-state index in [-0.39, 0.29) is 5.41 Å². The number of fused-ring (bicyclic) bond motifs is 1. The van der Waals surface area contributed by atoms with Crippen molar-refractivity contribution in [2.45, 2.75) is 26.2 Å². The van der Waals surface area contributed by atoms with Crippen LogP contribution in [0.3, 0.4) is 0 Å². The van der Waals surface area contributed by atoms with Crippen LogP contribution in [0.15, 0.2) is 54.9 Å². The highest BCUT2D eigenvalue weighted by Crippen LogP contribution is 2.25. The molecular weight excluding hydrogens is 232 g/mol. The fourth-order valence-corrected chi connectivity index (χ4v) is 2.28. The number of aromatic nitrogens is 2. The van der Waals surface area contributed by atoms with Crippen molar-refractivity contribution in [2.24, 2.45) is 0 Å². The fraction of sp³-hybridized carbons (Fsp3) is 0.235. The van der Waals surface area contributed by atoms with Crippen LogP contribution in [0.2, 0.25) is 0 Å². The highest BCUT2D eigenvalue weighted by Gasteiger charge is 2.13. The van der Waals surface area contributed by atoms with Crippen LogP contribution in [-0.2, 0) is 5.41 Å². The van der Waals surface area contributed by atoms with E-state index in [0.29, 0.717) is 0 Å². The molecule has 0 radical (unpaired) electrons. The lowest BCUT2D eigenvalue weighted by Gasteiger charge is -2.19. The van der Waals surface area contributed by atoms with Crippen molar-refractivity contribution in [3.63, 3.8) is 0 Å². The molecule has 0 fully saturated rings. The van der Waals surface area contributed by atoms with Gasteiger partial charge in [0.25, 0.3) is 0 Å². The van der Waals surface area contributed by atoms with Gasteiger partial charge in [0.1, 0.15) is 5.82 Å². The van der Waals surface area contributed by atoms with E-state index < -0.39 is 0 Å². The maximum absolute atomic E-state index is 4.52. The molecule has 3 aromatic rings. The first-order valence-corrected chi connectivity index (χ1v) is 6.59. The van der Waals surface area contributed by atoms with Crippen LogP contribution in [0.5, 0.6) is 0 Å². The Balaban J connectivity index is 2.07. The van der Waals surface area contributed by atoms with Gasteiger partial charge in [-0.05, 0) is 23.1 Å². The van der Waals surface area contributed by atoms with Gasteiger partial charge in [-0.1, -0.05) is 51.1 Å². The van der Waals surface area contributed by atoms with Crippen molar-refractivity contribution < 1.29 is 0 Å². The van der Waals surface area contributed by atoms with Crippen LogP contribution >= 0.6 is 0 Å². The van der Waals surface area contributed by atoms with Gasteiger partial charge in [-0.2, -0.15) is 0 Å². The summed E-state index contributed by atoms with van der Waals surface area (Å²) in [6.07, 6.45) is 3.96. The largest absolute Gasteiger partial charge is 0.300 e. The van der Waals surface area contributed by atoms with Gasteiger partial charge in [-0.25, -0.2) is 4.98 Å². The summed E-state index contributed by atoms with van der Waals surface area (Å²) in [5, 5.41) is 0. The van der Waals surface area contributed by atoms with Crippen molar-refractivity contribution >= 4 is 5.52 Å². The SMILES string of the molecule is CC(C)(C)c1ccc(-c2ncc3ccccn23)cc1. The third kappa shape index (κ3) is 2.14. The Labute approximate surface area is 113 Å². The summed E-state index contributed by atoms with van der Waals surface area (Å²) in [6, 6.07) is 14.8. The molecule has 3 rings (SSSR count). The first-order chi connectivity index (χ1) is 9.05. The number of pyridine rings is 1. The van der Waals surface area contributed by atoms with Crippen molar-refractivity contribution in [3.05, 3.63) is 60.4 Å². The number of nitrogens with zero attached hydrogens (tertiary/aromatic N) is 2. The van der Waals surface area contributed by atoms with Gasteiger partial charge < -0.3 is 0 Å². The molecule has 0 unspecified atom stereocenters. The zero-order valence-electron chi connectivity index (χ0n) is 11.6. The predicted octanol–water partition coefficient (Wildman–Crippen LogP) is 4.30. The Morgan fingerprint density at radius 3 is 2.37 bits per heavy atom. The minimum absolute atomic E-state index is 0.188. The Morgan fingerprint density at radius 2 is 1.68 bits per heavy atom. The summed E-state index contributed by atoms with van der Waals surface area (Å²) in [5.41, 5.74) is 3.81. The number of imidazole rings is 1. The second-order valence-corrected chi connectivity index (χ2v) is 5.90. The third-order valence-electron chi connectivity index (χ3n) is 3.45. The van der Waals surface area contributed by atoms with Crippen LogP contribution in [0.1, 0.15) is 26.3 Å². The standard InChI is InChI=1S/C17H18N2/c1-17(2,3)14-9-7-13(8-10-14)16-18-12-15-6-4-5-11-19(15)16/h4-12H,1-3H3. The molecule has 0 N–H and O–H groups in total. The van der Waals surface area contributed by atoms with Crippen LogP contribution in [0, 0.1) is 0 Å². The Bertz CT molecular complexity index is 700. The second-order valence-electron chi connectivity index (χ2n) is 5.90. The molecule has 2 aromatic heterocycles. The molecule has 0 atom stereocenters. The maximum atomic E-state index is 4.52. The normalized spacial score (nSPS) is 11.9. The third-order valence-corrected chi connectivity index (χ3v) is 3.45. The van der Waals surface area contributed by atoms with E-state index in [1.54, 1.807) is 0 Å². The average molecular weight is 250 g/mol. The number of hydrogen-bond donors (Lipinski definition) is 0. The molecule has 2 nitrogen and oxygen atoms in total. The van der Waals surface area contributed by atoms with Crippen LogP contribution < -0.4 is 0 Å². The summed E-state index contributed by atoms with van der Waals surface area (Å²) < 4.78 is 2.12. The lowest BCUT2D eigenvalue weighted by molar-refractivity contribution is 0.590. The predicted molar refractivity (Wildman–Crippen MR) is 79.3 cm³/mol. The van der Waals surface area contributed by atoms with E-state index in [0.717, 1.165) is 16.9 Å². The molecule has 0 aliphatic carbocycles. The van der Waals surface area contributed by atoms with Crippen molar-refractivity contribution in [1.82, 2.24) is 9.38 Å². The van der Waals surface area contributed by atoms with E-state index >= 15 is 0 Å². The van der Waals surface area contributed by atoms with E-state index in [4.69, 9.17) is 0 Å². The van der Waals surface area contributed by atoms with Crippen LogP contribution in [0.25, 0.3) is 16.9 Å². The van der Waals surface area contributed by atoms with Gasteiger partial charge in [0.2, 0.25) is 0 Å². The van der Waals surface area contributed by atoms with E-state index in [9.17, 15) is 0 Å². The molecule has 0 bridgehead atoms. The molecule has 19 heavy (non-hydrogen) atoms. The minimum Gasteiger partial charge on any atom is -0.300 e. The number of hydrogen-bond acceptors (Lipinski definition) is 1. The van der Waals surface area contributed by atoms with Crippen LogP contribution in [-0.4, -0.2) is 9.38 Å². The van der Waals surface area contributed by atoms with Crippen molar-refractivity contribution in [3.8, 4) is 11.4 Å². The summed E-state index contributed by atoms with van der Waals surface area (Å²) in [6.45, 7) is 6.69. The van der Waals surface area contributed by atoms with Gasteiger partial charge in [0, 0.05) is 11.8 Å². The van der Waals surface area contributed by atoms with E-state index in [2.05, 4.69) is 66.7 Å². The Morgan fingerprint density at radius 1 is 0.947 bits per heavy atom. The monoisotopic (exact) mass is 250 g/mol. The molecule has 2 heterocycles. The highest BCUT2D eigenvalue weighted by atomic mass is 15.0. The van der Waals surface area contributed by atoms with Gasteiger partial charge in [0.05, 0.1) is 11.7 Å². The van der Waals surface area contributed by atoms with Gasteiger partial charge in [-0.15, -0.1) is 0 Å². The Kier molecular flexibility index (Phi) is 2.67. The number of rotatable bonds is 1. The summed E-state index contributed by atoms with van der Waals surface area (Å²) in [5.74, 6) is 0.996. The van der Waals surface area contributed by atoms with E-state index in [1.165, 1.54) is 5.56 Å². The minimum atomic E-state index is 0.188. The molecule has 0 saturated carbocycles. The molecule has 0 aliphatic heterocycles. The lowest BCUT2D eigenvalue weighted by Crippen LogP contribution is -2.10. The van der Waals surface area contributed by atoms with Crippen molar-refractivity contribution in [1.29, 1.82) is 0 Å². The van der Waals surface area contributed by atoms with E-state index in [1.807, 2.05) is 18.3 Å². The Hall–Kier alpha value is -2.09. The molecule has 0 aliphatic rings. The molecule has 0 spiro atoms. The highest BCUT2D eigenvalue weighted by molar-refractivity contribution is 5.62. The molecule has 0 saturated heterocycles. The molecule has 1 aromatic carbocycles. The zero-order valence-corrected chi connectivity index (χ0v) is 11.6. The van der Waals surface area contributed by atoms with Gasteiger partial charge >= 0.3 is 0 Å². The number of benzene rings is 1. The molecule has 0 amide bonds. The zero-order chi connectivity index (χ0) is 13.5. The maximum Gasteiger partial charge on any atom is 0.144 e. The van der Waals surface area contributed by atoms with Gasteiger partial charge in [-0.3, -0.25) is 4.40 Å². The van der Waals surface area contributed by atoms with Crippen molar-refractivity contribution in [2.75, 3.05) is 0 Å². The summed E-state index contributed by atoms with van der Waals surface area (Å²) in [4.78, 5) is 4.52. The smallest absolute Gasteiger partial charge is 0.144 e. The average Bonchev–Trinajstić information content (AvgIpc) is 2.82. The quantitative estimate of drug-likeness (QED) is 0.629. The molecule has 96 valence electrons. The fourth-order valence-electron chi connectivity index (χ4n) is 2.28. The lowest BCUT2D eigenvalue weighted by atomic mass is 9.87.